The number of alkyl halides is 3. The number of aromatic nitrogens is 1. The molecule has 0 saturated carbocycles. The monoisotopic (exact) mass is 473 g/mol. The number of thiazole rings is 1. The second-order valence-corrected chi connectivity index (χ2v) is 8.44. The number of unbranched alkanes of at least 4 members (excludes halogenated alkanes) is 2. The van der Waals surface area contributed by atoms with Crippen molar-refractivity contribution in [3.05, 3.63) is 75.2 Å². The molecule has 172 valence electrons. The fourth-order valence-electron chi connectivity index (χ4n) is 3.06. The van der Waals surface area contributed by atoms with Gasteiger partial charge < -0.3 is 10.1 Å². The van der Waals surface area contributed by atoms with E-state index in [-0.39, 0.29) is 24.7 Å². The highest BCUT2D eigenvalue weighted by molar-refractivity contribution is 7.13. The second-order valence-electron chi connectivity index (χ2n) is 7.32. The Morgan fingerprint density at radius 3 is 2.61 bits per heavy atom. The topological polar surface area (TPSA) is 75.0 Å². The molecule has 0 saturated heterocycles. The fourth-order valence-corrected chi connectivity index (χ4v) is 3.91. The molecule has 5 nitrogen and oxygen atoms in total. The number of halogens is 3. The van der Waals surface area contributed by atoms with Crippen LogP contribution in [0.2, 0.25) is 0 Å². The van der Waals surface area contributed by atoms with Crippen LogP contribution >= 0.6 is 11.3 Å². The summed E-state index contributed by atoms with van der Waals surface area (Å²) in [5.41, 5.74) is 0.616. The Bertz CT molecular complexity index is 1140. The van der Waals surface area contributed by atoms with Gasteiger partial charge in [-0.05, 0) is 48.4 Å². The molecule has 0 spiro atoms. The Kier molecular flexibility index (Phi) is 8.06. The summed E-state index contributed by atoms with van der Waals surface area (Å²) in [6, 6.07) is 12.4. The highest BCUT2D eigenvalue weighted by atomic mass is 32.1. The van der Waals surface area contributed by atoms with Crippen LogP contribution in [0.25, 0.3) is 0 Å². The normalized spacial score (nSPS) is 11.1. The lowest BCUT2D eigenvalue weighted by molar-refractivity contribution is -0.139. The minimum atomic E-state index is -4.54. The van der Waals surface area contributed by atoms with Crippen LogP contribution in [0.15, 0.2) is 48.7 Å². The van der Waals surface area contributed by atoms with Crippen LogP contribution < -0.4 is 10.1 Å². The van der Waals surface area contributed by atoms with E-state index in [0.717, 1.165) is 30.2 Å². The summed E-state index contributed by atoms with van der Waals surface area (Å²) in [5, 5.41) is 12.1. The number of ether oxygens (including phenoxy) is 1. The molecule has 1 heterocycles. The first-order valence-corrected chi connectivity index (χ1v) is 11.2. The molecule has 1 aromatic heterocycles. The van der Waals surface area contributed by atoms with Gasteiger partial charge in [0.25, 0.3) is 5.91 Å². The van der Waals surface area contributed by atoms with Crippen molar-refractivity contribution < 1.29 is 22.7 Å². The Morgan fingerprint density at radius 1 is 1.18 bits per heavy atom. The van der Waals surface area contributed by atoms with Crippen molar-refractivity contribution in [1.82, 2.24) is 4.98 Å². The highest BCUT2D eigenvalue weighted by Crippen LogP contribution is 2.37. The van der Waals surface area contributed by atoms with Crippen LogP contribution in [0.3, 0.4) is 0 Å². The summed E-state index contributed by atoms with van der Waals surface area (Å²) in [6.45, 7) is 2.25. The van der Waals surface area contributed by atoms with Crippen LogP contribution in [-0.4, -0.2) is 17.5 Å². The summed E-state index contributed by atoms with van der Waals surface area (Å²) >= 11 is 1.11. The molecule has 1 amide bonds. The first-order valence-electron chi connectivity index (χ1n) is 10.4. The zero-order valence-corrected chi connectivity index (χ0v) is 18.7. The lowest BCUT2D eigenvalue weighted by Gasteiger charge is -2.15. The van der Waals surface area contributed by atoms with Crippen molar-refractivity contribution in [3.63, 3.8) is 0 Å². The lowest BCUT2D eigenvalue weighted by atomic mass is 10.1. The van der Waals surface area contributed by atoms with E-state index in [9.17, 15) is 18.0 Å². The van der Waals surface area contributed by atoms with Gasteiger partial charge in [0.05, 0.1) is 35.0 Å². The van der Waals surface area contributed by atoms with Crippen LogP contribution in [0.5, 0.6) is 5.75 Å². The van der Waals surface area contributed by atoms with E-state index in [1.165, 1.54) is 12.3 Å². The van der Waals surface area contributed by atoms with Gasteiger partial charge in [0.1, 0.15) is 10.6 Å². The van der Waals surface area contributed by atoms with Crippen molar-refractivity contribution in [2.75, 3.05) is 11.9 Å². The molecule has 3 aromatic rings. The maximum Gasteiger partial charge on any atom is 0.419 e. The van der Waals surface area contributed by atoms with Gasteiger partial charge in [0, 0.05) is 12.1 Å². The molecule has 3 rings (SSSR count). The number of hydrogen-bond donors (Lipinski definition) is 1. The number of hydrogen-bond acceptors (Lipinski definition) is 5. The number of nitrogens with zero attached hydrogens (tertiary/aromatic N) is 2. The van der Waals surface area contributed by atoms with Gasteiger partial charge in [-0.1, -0.05) is 25.8 Å². The van der Waals surface area contributed by atoms with E-state index in [0.29, 0.717) is 33.1 Å². The number of rotatable bonds is 9. The summed E-state index contributed by atoms with van der Waals surface area (Å²) in [4.78, 5) is 17.0. The number of nitriles is 1. The predicted octanol–water partition coefficient (Wildman–Crippen LogP) is 6.45. The van der Waals surface area contributed by atoms with E-state index < -0.39 is 11.7 Å². The fraction of sp³-hybridized carbons (Fsp3) is 0.292. The molecule has 0 aliphatic rings. The van der Waals surface area contributed by atoms with E-state index in [2.05, 4.69) is 10.3 Å². The molecule has 0 fully saturated rings. The summed E-state index contributed by atoms with van der Waals surface area (Å²) in [7, 11) is 0. The molecule has 9 heteroatoms. The molecular formula is C24H22F3N3O2S. The van der Waals surface area contributed by atoms with Crippen LogP contribution in [0.1, 0.15) is 57.6 Å². The molecule has 33 heavy (non-hydrogen) atoms. The second kappa shape index (κ2) is 11.0. The highest BCUT2D eigenvalue weighted by Gasteiger charge is 2.34. The van der Waals surface area contributed by atoms with Crippen molar-refractivity contribution in [3.8, 4) is 11.8 Å². The first kappa shape index (κ1) is 24.3. The average Bonchev–Trinajstić information content (AvgIpc) is 3.26. The van der Waals surface area contributed by atoms with Crippen molar-refractivity contribution >= 4 is 22.9 Å². The first-order chi connectivity index (χ1) is 15.8. The van der Waals surface area contributed by atoms with E-state index >= 15 is 0 Å². The number of amides is 1. The van der Waals surface area contributed by atoms with Crippen LogP contribution in [-0.2, 0) is 12.6 Å². The van der Waals surface area contributed by atoms with E-state index in [4.69, 9.17) is 10.00 Å². The largest absolute Gasteiger partial charge is 0.493 e. The Labute approximate surface area is 193 Å². The smallest absolute Gasteiger partial charge is 0.419 e. The lowest BCUT2D eigenvalue weighted by Crippen LogP contribution is -2.10. The standard InChI is InChI=1S/C24H22F3N3O2S/c1-2-3-4-11-32-20-10-7-17(12-19(20)24(25,26)27)13-22-29-15-21(33-22)23(31)30-18-8-5-16(14-28)6-9-18/h5-10,12,15H,2-4,11,13H2,1H3,(H,30,31). The minimum absolute atomic E-state index is 0.161. The summed E-state index contributed by atoms with van der Waals surface area (Å²) < 4.78 is 46.0. The third-order valence-corrected chi connectivity index (χ3v) is 5.76. The van der Waals surface area contributed by atoms with Gasteiger partial charge >= 0.3 is 6.18 Å². The third-order valence-electron chi connectivity index (χ3n) is 4.76. The number of carbonyl (C=O) groups excluding carboxylic acids is 1. The molecule has 2 aromatic carbocycles. The maximum absolute atomic E-state index is 13.5. The van der Waals surface area contributed by atoms with Gasteiger partial charge in [-0.25, -0.2) is 4.98 Å². The molecule has 0 aliphatic heterocycles. The number of carbonyl (C=O) groups is 1. The average molecular weight is 474 g/mol. The molecule has 0 bridgehead atoms. The molecule has 0 aliphatic carbocycles. The van der Waals surface area contributed by atoms with Crippen molar-refractivity contribution in [2.24, 2.45) is 0 Å². The van der Waals surface area contributed by atoms with Gasteiger partial charge in [-0.2, -0.15) is 18.4 Å². The Balaban J connectivity index is 1.69. The number of benzene rings is 2. The quantitative estimate of drug-likeness (QED) is 0.363. The SMILES string of the molecule is CCCCCOc1ccc(Cc2ncc(C(=O)Nc3ccc(C#N)cc3)s2)cc1C(F)(F)F. The van der Waals surface area contributed by atoms with Gasteiger partial charge in [-0.3, -0.25) is 4.79 Å². The molecular weight excluding hydrogens is 451 g/mol. The number of nitrogens with one attached hydrogen (secondary N) is 1. The minimum Gasteiger partial charge on any atom is -0.493 e. The Hall–Kier alpha value is -3.38. The van der Waals surface area contributed by atoms with E-state index in [1.807, 2.05) is 13.0 Å². The maximum atomic E-state index is 13.5. The van der Waals surface area contributed by atoms with Crippen molar-refractivity contribution in [2.45, 2.75) is 38.8 Å². The molecule has 1 N–H and O–H groups in total. The molecule has 0 atom stereocenters. The van der Waals surface area contributed by atoms with Gasteiger partial charge in [-0.15, -0.1) is 11.3 Å². The van der Waals surface area contributed by atoms with Gasteiger partial charge in [0.15, 0.2) is 0 Å². The molecule has 0 radical (unpaired) electrons. The third kappa shape index (κ3) is 6.80. The van der Waals surface area contributed by atoms with Crippen molar-refractivity contribution in [1.29, 1.82) is 5.26 Å². The molecule has 0 unspecified atom stereocenters. The zero-order chi connectivity index (χ0) is 23.8. The number of anilines is 1. The summed E-state index contributed by atoms with van der Waals surface area (Å²) in [5.74, 6) is -0.556. The Morgan fingerprint density at radius 2 is 1.94 bits per heavy atom. The zero-order valence-electron chi connectivity index (χ0n) is 17.9. The van der Waals surface area contributed by atoms with Crippen LogP contribution in [0, 0.1) is 11.3 Å². The van der Waals surface area contributed by atoms with E-state index in [1.54, 1.807) is 30.3 Å². The predicted molar refractivity (Wildman–Crippen MR) is 120 cm³/mol. The van der Waals surface area contributed by atoms with Gasteiger partial charge in [0.2, 0.25) is 0 Å². The summed E-state index contributed by atoms with van der Waals surface area (Å²) in [6.07, 6.45) is -0.434. The van der Waals surface area contributed by atoms with Crippen LogP contribution in [0.4, 0.5) is 18.9 Å².